The number of nitrogens with one attached hydrogen (secondary N) is 1. The minimum absolute atomic E-state index is 0.684. The Balaban J connectivity index is 2.82. The first-order valence-electron chi connectivity index (χ1n) is 2.83. The maximum Gasteiger partial charge on any atom is 0.361 e. The standard InChI is InChI=1S/C6H6BrNO3/c7-4-1-2-6(11,5(9)10)8-3-4/h1-3,8,11H,(H,9,10). The summed E-state index contributed by atoms with van der Waals surface area (Å²) in [7, 11) is 0. The SMILES string of the molecule is O=C(O)C1(O)C=CC(Br)=CN1. The number of aliphatic carboxylic acids is 1. The minimum atomic E-state index is -1.96. The van der Waals surface area contributed by atoms with E-state index in [1.807, 2.05) is 0 Å². The molecule has 60 valence electrons. The third-order valence-electron chi connectivity index (χ3n) is 1.24. The molecule has 0 bridgehead atoms. The summed E-state index contributed by atoms with van der Waals surface area (Å²) in [5.41, 5.74) is -1.96. The molecule has 0 spiro atoms. The van der Waals surface area contributed by atoms with Crippen LogP contribution in [0, 0.1) is 0 Å². The van der Waals surface area contributed by atoms with Crippen LogP contribution in [0.15, 0.2) is 22.8 Å². The lowest BCUT2D eigenvalue weighted by molar-refractivity contribution is -0.155. The second-order valence-corrected chi connectivity index (χ2v) is 2.99. The fourth-order valence-electron chi connectivity index (χ4n) is 0.608. The molecule has 0 aromatic rings. The molecule has 5 heteroatoms. The van der Waals surface area contributed by atoms with Gasteiger partial charge >= 0.3 is 5.97 Å². The van der Waals surface area contributed by atoms with E-state index in [1.54, 1.807) is 0 Å². The van der Waals surface area contributed by atoms with E-state index >= 15 is 0 Å². The first kappa shape index (κ1) is 8.29. The highest BCUT2D eigenvalue weighted by atomic mass is 79.9. The van der Waals surface area contributed by atoms with Crippen molar-refractivity contribution >= 4 is 21.9 Å². The van der Waals surface area contributed by atoms with E-state index in [0.29, 0.717) is 4.48 Å². The van der Waals surface area contributed by atoms with Crippen molar-refractivity contribution in [2.45, 2.75) is 5.72 Å². The summed E-state index contributed by atoms with van der Waals surface area (Å²) >= 11 is 3.10. The monoisotopic (exact) mass is 219 g/mol. The van der Waals surface area contributed by atoms with Gasteiger partial charge in [-0.05, 0) is 28.1 Å². The Labute approximate surface area is 71.3 Å². The lowest BCUT2D eigenvalue weighted by atomic mass is 10.2. The van der Waals surface area contributed by atoms with Crippen molar-refractivity contribution < 1.29 is 15.0 Å². The lowest BCUT2D eigenvalue weighted by Gasteiger charge is -2.22. The summed E-state index contributed by atoms with van der Waals surface area (Å²) in [5, 5.41) is 20.0. The smallest absolute Gasteiger partial charge is 0.361 e. The highest BCUT2D eigenvalue weighted by Gasteiger charge is 2.33. The van der Waals surface area contributed by atoms with E-state index in [-0.39, 0.29) is 0 Å². The van der Waals surface area contributed by atoms with Gasteiger partial charge in [0.25, 0.3) is 5.72 Å². The van der Waals surface area contributed by atoms with Gasteiger partial charge in [-0.25, -0.2) is 4.79 Å². The number of halogens is 1. The van der Waals surface area contributed by atoms with Crippen molar-refractivity contribution in [3.05, 3.63) is 22.8 Å². The fraction of sp³-hybridized carbons (Fsp3) is 0.167. The third-order valence-corrected chi connectivity index (χ3v) is 1.73. The van der Waals surface area contributed by atoms with Crippen LogP contribution in [0.5, 0.6) is 0 Å². The number of carboxylic acid groups (broad SMARTS) is 1. The van der Waals surface area contributed by atoms with Crippen LogP contribution in [0.4, 0.5) is 0 Å². The first-order chi connectivity index (χ1) is 5.04. The molecule has 3 N–H and O–H groups in total. The van der Waals surface area contributed by atoms with Crippen molar-refractivity contribution in [2.75, 3.05) is 0 Å². The number of hydrogen-bond donors (Lipinski definition) is 3. The molecular formula is C6H6BrNO3. The van der Waals surface area contributed by atoms with Crippen LogP contribution < -0.4 is 5.32 Å². The summed E-state index contributed by atoms with van der Waals surface area (Å²) in [4.78, 5) is 10.4. The molecule has 0 saturated carbocycles. The van der Waals surface area contributed by atoms with Crippen LogP contribution in [-0.2, 0) is 4.79 Å². The minimum Gasteiger partial charge on any atom is -0.477 e. The van der Waals surface area contributed by atoms with E-state index in [0.717, 1.165) is 6.08 Å². The van der Waals surface area contributed by atoms with Crippen LogP contribution in [0.2, 0.25) is 0 Å². The van der Waals surface area contributed by atoms with Gasteiger partial charge < -0.3 is 15.5 Å². The zero-order chi connectivity index (χ0) is 8.48. The Morgan fingerprint density at radius 2 is 2.36 bits per heavy atom. The van der Waals surface area contributed by atoms with E-state index in [9.17, 15) is 9.90 Å². The van der Waals surface area contributed by atoms with Gasteiger partial charge in [0.1, 0.15) is 0 Å². The summed E-state index contributed by atoms with van der Waals surface area (Å²) < 4.78 is 0.684. The average molecular weight is 220 g/mol. The van der Waals surface area contributed by atoms with E-state index < -0.39 is 11.7 Å². The maximum atomic E-state index is 10.4. The molecule has 1 aliphatic heterocycles. The van der Waals surface area contributed by atoms with Gasteiger partial charge in [0.15, 0.2) is 0 Å². The summed E-state index contributed by atoms with van der Waals surface area (Å²) in [6, 6.07) is 0. The van der Waals surface area contributed by atoms with Crippen LogP contribution in [0.3, 0.4) is 0 Å². The van der Waals surface area contributed by atoms with Crippen LogP contribution >= 0.6 is 15.9 Å². The number of aliphatic hydroxyl groups is 1. The van der Waals surface area contributed by atoms with Gasteiger partial charge in [0, 0.05) is 10.7 Å². The number of hydrogen-bond acceptors (Lipinski definition) is 3. The molecule has 1 heterocycles. The van der Waals surface area contributed by atoms with Crippen molar-refractivity contribution in [1.82, 2.24) is 5.32 Å². The highest BCUT2D eigenvalue weighted by Crippen LogP contribution is 2.15. The molecule has 1 aliphatic rings. The number of carbonyl (C=O) groups is 1. The molecule has 1 atom stereocenters. The van der Waals surface area contributed by atoms with Crippen LogP contribution in [0.25, 0.3) is 0 Å². The second-order valence-electron chi connectivity index (χ2n) is 2.08. The number of dihydropyridines is 1. The maximum absolute atomic E-state index is 10.4. The largest absolute Gasteiger partial charge is 0.477 e. The van der Waals surface area contributed by atoms with Gasteiger partial charge in [-0.3, -0.25) is 0 Å². The quantitative estimate of drug-likeness (QED) is 0.588. The summed E-state index contributed by atoms with van der Waals surface area (Å²) in [6.45, 7) is 0. The van der Waals surface area contributed by atoms with Crippen molar-refractivity contribution in [3.63, 3.8) is 0 Å². The Hall–Kier alpha value is -0.810. The molecule has 11 heavy (non-hydrogen) atoms. The zero-order valence-corrected chi connectivity index (χ0v) is 7.00. The second kappa shape index (κ2) is 2.67. The molecule has 0 aromatic carbocycles. The molecule has 1 unspecified atom stereocenters. The predicted molar refractivity (Wildman–Crippen MR) is 41.9 cm³/mol. The zero-order valence-electron chi connectivity index (χ0n) is 5.41. The third kappa shape index (κ3) is 1.61. The molecular weight excluding hydrogens is 214 g/mol. The lowest BCUT2D eigenvalue weighted by Crippen LogP contribution is -2.49. The Kier molecular flexibility index (Phi) is 2.01. The molecule has 0 aromatic heterocycles. The molecule has 0 aliphatic carbocycles. The van der Waals surface area contributed by atoms with Gasteiger partial charge in [0.05, 0.1) is 0 Å². The predicted octanol–water partition coefficient (Wildman–Crippen LogP) is 0.155. The molecule has 0 fully saturated rings. The Morgan fingerprint density at radius 3 is 2.73 bits per heavy atom. The van der Waals surface area contributed by atoms with Crippen LogP contribution in [-0.4, -0.2) is 21.9 Å². The van der Waals surface area contributed by atoms with Crippen molar-refractivity contribution in [2.24, 2.45) is 0 Å². The molecule has 0 radical (unpaired) electrons. The van der Waals surface area contributed by atoms with Gasteiger partial charge in [-0.1, -0.05) is 0 Å². The van der Waals surface area contributed by atoms with Crippen LogP contribution in [0.1, 0.15) is 0 Å². The highest BCUT2D eigenvalue weighted by molar-refractivity contribution is 9.11. The number of rotatable bonds is 1. The number of allylic oxidation sites excluding steroid dienone is 2. The Bertz CT molecular complexity index is 248. The van der Waals surface area contributed by atoms with Gasteiger partial charge in [-0.2, -0.15) is 0 Å². The average Bonchev–Trinajstić information content (AvgIpc) is 1.95. The van der Waals surface area contributed by atoms with E-state index in [4.69, 9.17) is 5.11 Å². The molecule has 0 amide bonds. The first-order valence-corrected chi connectivity index (χ1v) is 3.62. The normalized spacial score (nSPS) is 29.1. The summed E-state index contributed by atoms with van der Waals surface area (Å²) in [6.07, 6.45) is 3.98. The van der Waals surface area contributed by atoms with Gasteiger partial charge in [-0.15, -0.1) is 0 Å². The molecule has 1 rings (SSSR count). The van der Waals surface area contributed by atoms with Crippen molar-refractivity contribution in [3.8, 4) is 0 Å². The number of carboxylic acids is 1. The molecule has 4 nitrogen and oxygen atoms in total. The molecule has 0 saturated heterocycles. The summed E-state index contributed by atoms with van der Waals surface area (Å²) in [5.74, 6) is -1.33. The topological polar surface area (TPSA) is 69.6 Å². The fourth-order valence-corrected chi connectivity index (χ4v) is 0.855. The van der Waals surface area contributed by atoms with Crippen molar-refractivity contribution in [1.29, 1.82) is 0 Å². The Morgan fingerprint density at radius 1 is 1.73 bits per heavy atom. The van der Waals surface area contributed by atoms with Gasteiger partial charge in [0.2, 0.25) is 0 Å². The van der Waals surface area contributed by atoms with E-state index in [2.05, 4.69) is 21.2 Å². The van der Waals surface area contributed by atoms with E-state index in [1.165, 1.54) is 12.3 Å².